The Balaban J connectivity index is 1.21. The van der Waals surface area contributed by atoms with E-state index >= 15 is 0 Å². The molecule has 0 saturated carbocycles. The SMILES string of the molecule is N#Cc1ccc2c(c1)O[C@@H](CN1CCC(CCN3CCOC3=O)CC1)CO2. The van der Waals surface area contributed by atoms with Crippen LogP contribution in [0.15, 0.2) is 18.2 Å². The molecule has 0 unspecified atom stereocenters. The van der Waals surface area contributed by atoms with Crippen LogP contribution < -0.4 is 9.47 Å². The van der Waals surface area contributed by atoms with E-state index in [1.807, 2.05) is 4.90 Å². The summed E-state index contributed by atoms with van der Waals surface area (Å²) in [6.45, 7) is 5.52. The van der Waals surface area contributed by atoms with Crippen molar-refractivity contribution in [1.82, 2.24) is 9.80 Å². The van der Waals surface area contributed by atoms with Crippen molar-refractivity contribution in [2.24, 2.45) is 5.92 Å². The lowest BCUT2D eigenvalue weighted by Gasteiger charge is -2.36. The lowest BCUT2D eigenvalue weighted by molar-refractivity contribution is 0.0467. The number of fused-ring (bicyclic) bond motifs is 1. The minimum Gasteiger partial charge on any atom is -0.486 e. The molecule has 2 saturated heterocycles. The number of ether oxygens (including phenoxy) is 3. The van der Waals surface area contributed by atoms with Crippen molar-refractivity contribution in [2.75, 3.05) is 45.9 Å². The summed E-state index contributed by atoms with van der Waals surface area (Å²) < 4.78 is 16.8. The Morgan fingerprint density at radius 1 is 1.15 bits per heavy atom. The molecule has 7 heteroatoms. The summed E-state index contributed by atoms with van der Waals surface area (Å²) in [4.78, 5) is 15.7. The van der Waals surface area contributed by atoms with E-state index in [4.69, 9.17) is 19.5 Å². The maximum Gasteiger partial charge on any atom is 0.409 e. The summed E-state index contributed by atoms with van der Waals surface area (Å²) in [7, 11) is 0. The summed E-state index contributed by atoms with van der Waals surface area (Å²) in [6.07, 6.45) is 3.16. The highest BCUT2D eigenvalue weighted by Gasteiger charge is 2.28. The second kappa shape index (κ2) is 8.05. The molecule has 0 bridgehead atoms. The Morgan fingerprint density at radius 2 is 2.00 bits per heavy atom. The second-order valence-electron chi connectivity index (χ2n) is 7.46. The van der Waals surface area contributed by atoms with Gasteiger partial charge in [-0.2, -0.15) is 5.26 Å². The van der Waals surface area contributed by atoms with E-state index in [0.29, 0.717) is 36.2 Å². The molecule has 7 nitrogen and oxygen atoms in total. The van der Waals surface area contributed by atoms with E-state index < -0.39 is 0 Å². The predicted octanol–water partition coefficient (Wildman–Crippen LogP) is 2.25. The number of benzene rings is 1. The lowest BCUT2D eigenvalue weighted by atomic mass is 9.93. The van der Waals surface area contributed by atoms with E-state index in [-0.39, 0.29) is 12.2 Å². The summed E-state index contributed by atoms with van der Waals surface area (Å²) in [5.74, 6) is 2.04. The minimum absolute atomic E-state index is 0.0117. The first-order chi connectivity index (χ1) is 13.2. The van der Waals surface area contributed by atoms with Crippen molar-refractivity contribution in [2.45, 2.75) is 25.4 Å². The van der Waals surface area contributed by atoms with E-state index in [1.165, 1.54) is 0 Å². The lowest BCUT2D eigenvalue weighted by Crippen LogP contribution is -2.44. The molecule has 0 N–H and O–H groups in total. The third kappa shape index (κ3) is 4.28. The van der Waals surface area contributed by atoms with Gasteiger partial charge in [0, 0.05) is 19.2 Å². The topological polar surface area (TPSA) is 75.0 Å². The van der Waals surface area contributed by atoms with E-state index in [0.717, 1.165) is 52.0 Å². The molecule has 27 heavy (non-hydrogen) atoms. The Bertz CT molecular complexity index is 724. The Morgan fingerprint density at radius 3 is 2.74 bits per heavy atom. The van der Waals surface area contributed by atoms with Gasteiger partial charge in [0.2, 0.25) is 0 Å². The van der Waals surface area contributed by atoms with Crippen molar-refractivity contribution in [3.63, 3.8) is 0 Å². The number of rotatable bonds is 5. The third-order valence-electron chi connectivity index (χ3n) is 5.61. The van der Waals surface area contributed by atoms with Gasteiger partial charge in [0.25, 0.3) is 0 Å². The van der Waals surface area contributed by atoms with Gasteiger partial charge < -0.3 is 19.1 Å². The van der Waals surface area contributed by atoms with Crippen LogP contribution >= 0.6 is 0 Å². The highest BCUT2D eigenvalue weighted by atomic mass is 16.6. The van der Waals surface area contributed by atoms with Gasteiger partial charge in [-0.1, -0.05) is 0 Å². The van der Waals surface area contributed by atoms with Crippen LogP contribution in [0.1, 0.15) is 24.8 Å². The van der Waals surface area contributed by atoms with Crippen LogP contribution in [-0.4, -0.2) is 67.9 Å². The van der Waals surface area contributed by atoms with Gasteiger partial charge in [-0.05, 0) is 50.4 Å². The molecular formula is C20H25N3O4. The van der Waals surface area contributed by atoms with Gasteiger partial charge in [0.15, 0.2) is 11.5 Å². The van der Waals surface area contributed by atoms with Crippen molar-refractivity contribution >= 4 is 6.09 Å². The summed E-state index contributed by atoms with van der Waals surface area (Å²) in [6, 6.07) is 7.42. The van der Waals surface area contributed by atoms with Crippen LogP contribution in [0.2, 0.25) is 0 Å². The van der Waals surface area contributed by atoms with Crippen molar-refractivity contribution in [1.29, 1.82) is 5.26 Å². The normalized spacial score (nSPS) is 23.1. The molecular weight excluding hydrogens is 346 g/mol. The predicted molar refractivity (Wildman–Crippen MR) is 97.8 cm³/mol. The molecule has 0 radical (unpaired) electrons. The van der Waals surface area contributed by atoms with Crippen molar-refractivity contribution in [3.05, 3.63) is 23.8 Å². The van der Waals surface area contributed by atoms with Gasteiger partial charge in [0.1, 0.15) is 19.3 Å². The highest BCUT2D eigenvalue weighted by Crippen LogP contribution is 2.33. The Kier molecular flexibility index (Phi) is 5.35. The molecule has 0 spiro atoms. The Hall–Kier alpha value is -2.46. The van der Waals surface area contributed by atoms with Gasteiger partial charge >= 0.3 is 6.09 Å². The summed E-state index contributed by atoms with van der Waals surface area (Å²) in [5.41, 5.74) is 0.584. The van der Waals surface area contributed by atoms with E-state index in [9.17, 15) is 4.79 Å². The number of carbonyl (C=O) groups excluding carboxylic acids is 1. The number of carbonyl (C=O) groups is 1. The molecule has 1 atom stereocenters. The highest BCUT2D eigenvalue weighted by molar-refractivity contribution is 5.69. The molecule has 4 rings (SSSR count). The van der Waals surface area contributed by atoms with Crippen molar-refractivity contribution in [3.8, 4) is 17.6 Å². The third-order valence-corrected chi connectivity index (χ3v) is 5.61. The maximum atomic E-state index is 11.5. The number of hydrogen-bond donors (Lipinski definition) is 0. The first-order valence-corrected chi connectivity index (χ1v) is 9.69. The second-order valence-corrected chi connectivity index (χ2v) is 7.46. The monoisotopic (exact) mass is 371 g/mol. The van der Waals surface area contributed by atoms with Crippen LogP contribution in [0.25, 0.3) is 0 Å². The summed E-state index contributed by atoms with van der Waals surface area (Å²) in [5, 5.41) is 9.04. The number of cyclic esters (lactones) is 1. The average molecular weight is 371 g/mol. The fourth-order valence-corrected chi connectivity index (χ4v) is 3.99. The molecule has 144 valence electrons. The molecule has 3 heterocycles. The average Bonchev–Trinajstić information content (AvgIpc) is 3.11. The molecule has 3 aliphatic heterocycles. The zero-order valence-electron chi connectivity index (χ0n) is 15.4. The number of nitrogens with zero attached hydrogens (tertiary/aromatic N) is 3. The number of hydrogen-bond acceptors (Lipinski definition) is 6. The van der Waals surface area contributed by atoms with Crippen LogP contribution in [0.4, 0.5) is 4.79 Å². The van der Waals surface area contributed by atoms with Gasteiger partial charge in [-0.25, -0.2) is 4.79 Å². The summed E-state index contributed by atoms with van der Waals surface area (Å²) >= 11 is 0. The fraction of sp³-hybridized carbons (Fsp3) is 0.600. The first-order valence-electron chi connectivity index (χ1n) is 9.69. The van der Waals surface area contributed by atoms with Crippen LogP contribution in [-0.2, 0) is 4.74 Å². The molecule has 2 fully saturated rings. The van der Waals surface area contributed by atoms with Gasteiger partial charge in [-0.15, -0.1) is 0 Å². The maximum absolute atomic E-state index is 11.5. The smallest absolute Gasteiger partial charge is 0.409 e. The number of likely N-dealkylation sites (tertiary alicyclic amines) is 1. The standard InChI is InChI=1S/C20H25N3O4/c21-12-16-1-2-18-19(11-16)27-17(14-26-18)13-22-6-3-15(4-7-22)5-8-23-9-10-25-20(23)24/h1-2,11,15,17H,3-10,13-14H2/t17-/m0/s1. The zero-order valence-corrected chi connectivity index (χ0v) is 15.4. The Labute approximate surface area is 159 Å². The quantitative estimate of drug-likeness (QED) is 0.790. The molecule has 0 aliphatic carbocycles. The molecule has 1 aromatic carbocycles. The van der Waals surface area contributed by atoms with E-state index in [2.05, 4.69) is 11.0 Å². The van der Waals surface area contributed by atoms with Crippen LogP contribution in [0.3, 0.4) is 0 Å². The molecule has 1 amide bonds. The van der Waals surface area contributed by atoms with Gasteiger partial charge in [0.05, 0.1) is 18.2 Å². The number of nitriles is 1. The number of piperidine rings is 1. The van der Waals surface area contributed by atoms with Gasteiger partial charge in [-0.3, -0.25) is 4.90 Å². The zero-order chi connectivity index (χ0) is 18.6. The fourth-order valence-electron chi connectivity index (χ4n) is 3.99. The molecule has 0 aromatic heterocycles. The molecule has 1 aromatic rings. The molecule has 3 aliphatic rings. The van der Waals surface area contributed by atoms with E-state index in [1.54, 1.807) is 18.2 Å². The van der Waals surface area contributed by atoms with Crippen molar-refractivity contribution < 1.29 is 19.0 Å². The first kappa shape index (κ1) is 17.9. The largest absolute Gasteiger partial charge is 0.486 e. The van der Waals surface area contributed by atoms with Crippen LogP contribution in [0, 0.1) is 17.2 Å². The van der Waals surface area contributed by atoms with Crippen LogP contribution in [0.5, 0.6) is 11.5 Å². The minimum atomic E-state index is -0.165. The number of amides is 1.